The van der Waals surface area contributed by atoms with Crippen molar-refractivity contribution in [3.05, 3.63) is 65.7 Å². The van der Waals surface area contributed by atoms with Crippen molar-refractivity contribution >= 4 is 9.84 Å². The maximum Gasteiger partial charge on any atom is 0.186 e. The lowest BCUT2D eigenvalue weighted by Crippen LogP contribution is -2.22. The van der Waals surface area contributed by atoms with E-state index in [1.807, 2.05) is 24.3 Å². The molecule has 0 fully saturated rings. The normalized spacial score (nSPS) is 13.3. The van der Waals surface area contributed by atoms with E-state index in [1.165, 1.54) is 5.56 Å². The molecule has 0 spiro atoms. The van der Waals surface area contributed by atoms with Crippen molar-refractivity contribution in [3.8, 4) is 0 Å². The fraction of sp³-hybridized carbons (Fsp3) is 0.294. The highest BCUT2D eigenvalue weighted by molar-refractivity contribution is 7.91. The highest BCUT2D eigenvalue weighted by Crippen LogP contribution is 2.29. The molecule has 0 amide bonds. The average Bonchev–Trinajstić information content (AvgIpc) is 2.49. The molecule has 2 rings (SSSR count). The summed E-state index contributed by atoms with van der Waals surface area (Å²) in [7, 11) is -3.46. The average molecular weight is 303 g/mol. The van der Waals surface area contributed by atoms with Gasteiger partial charge >= 0.3 is 0 Å². The fourth-order valence-electron chi connectivity index (χ4n) is 2.31. The van der Waals surface area contributed by atoms with Crippen LogP contribution in [0.1, 0.15) is 36.1 Å². The molecule has 112 valence electrons. The van der Waals surface area contributed by atoms with Crippen LogP contribution >= 0.6 is 0 Å². The minimum absolute atomic E-state index is 0.0677. The summed E-state index contributed by atoms with van der Waals surface area (Å²) in [5, 5.41) is -0.707. The highest BCUT2D eigenvalue weighted by atomic mass is 32.2. The molecule has 1 atom stereocenters. The van der Waals surface area contributed by atoms with Crippen LogP contribution in [0.3, 0.4) is 0 Å². The van der Waals surface area contributed by atoms with Gasteiger partial charge in [-0.1, -0.05) is 56.3 Å². The molecule has 2 aromatic carbocycles. The van der Waals surface area contributed by atoms with E-state index in [4.69, 9.17) is 5.73 Å². The predicted octanol–water partition coefficient (Wildman–Crippen LogP) is 3.28. The number of rotatable bonds is 5. The van der Waals surface area contributed by atoms with E-state index >= 15 is 0 Å². The summed E-state index contributed by atoms with van der Waals surface area (Å²) < 4.78 is 25.4. The van der Waals surface area contributed by atoms with Crippen molar-refractivity contribution in [3.63, 3.8) is 0 Å². The van der Waals surface area contributed by atoms with Gasteiger partial charge in [0.1, 0.15) is 5.25 Å². The zero-order chi connectivity index (χ0) is 15.5. The topological polar surface area (TPSA) is 60.2 Å². The summed E-state index contributed by atoms with van der Waals surface area (Å²) in [6, 6.07) is 16.2. The fourth-order valence-corrected chi connectivity index (χ4v) is 3.95. The molecule has 0 saturated carbocycles. The molecule has 4 heteroatoms. The SMILES string of the molecule is CC(C)c1ccc([C@H](CN)S(=O)(=O)c2ccccc2)cc1. The van der Waals surface area contributed by atoms with Gasteiger partial charge in [0.15, 0.2) is 9.84 Å². The lowest BCUT2D eigenvalue weighted by atomic mass is 10.0. The Labute approximate surface area is 126 Å². The Balaban J connectivity index is 2.40. The number of sulfone groups is 1. The molecule has 0 saturated heterocycles. The van der Waals surface area contributed by atoms with Crippen LogP contribution < -0.4 is 5.73 Å². The second-order valence-corrected chi connectivity index (χ2v) is 7.53. The first-order valence-electron chi connectivity index (χ1n) is 7.05. The van der Waals surface area contributed by atoms with Gasteiger partial charge in [0, 0.05) is 6.54 Å². The summed E-state index contributed by atoms with van der Waals surface area (Å²) in [4.78, 5) is 0.313. The van der Waals surface area contributed by atoms with E-state index in [0.29, 0.717) is 10.8 Å². The molecule has 0 radical (unpaired) electrons. The van der Waals surface area contributed by atoms with E-state index in [9.17, 15) is 8.42 Å². The monoisotopic (exact) mass is 303 g/mol. The molecule has 0 aliphatic heterocycles. The maximum atomic E-state index is 12.7. The summed E-state index contributed by atoms with van der Waals surface area (Å²) in [5.41, 5.74) is 7.68. The van der Waals surface area contributed by atoms with Crippen molar-refractivity contribution in [2.75, 3.05) is 6.54 Å². The van der Waals surface area contributed by atoms with Gasteiger partial charge in [-0.05, 0) is 29.2 Å². The maximum absolute atomic E-state index is 12.7. The van der Waals surface area contributed by atoms with Crippen LogP contribution in [0, 0.1) is 0 Å². The number of nitrogens with two attached hydrogens (primary N) is 1. The van der Waals surface area contributed by atoms with E-state index in [1.54, 1.807) is 30.3 Å². The van der Waals surface area contributed by atoms with Crippen molar-refractivity contribution in [2.24, 2.45) is 5.73 Å². The van der Waals surface area contributed by atoms with Crippen LogP contribution in [0.25, 0.3) is 0 Å². The molecule has 2 aromatic rings. The molecule has 0 unspecified atom stereocenters. The highest BCUT2D eigenvalue weighted by Gasteiger charge is 2.27. The number of hydrogen-bond acceptors (Lipinski definition) is 3. The molecule has 0 aliphatic rings. The van der Waals surface area contributed by atoms with Crippen molar-refractivity contribution in [2.45, 2.75) is 29.9 Å². The van der Waals surface area contributed by atoms with Crippen LogP contribution in [0.15, 0.2) is 59.5 Å². The first-order valence-corrected chi connectivity index (χ1v) is 8.60. The third-order valence-corrected chi connectivity index (χ3v) is 5.78. The lowest BCUT2D eigenvalue weighted by molar-refractivity contribution is 0.582. The van der Waals surface area contributed by atoms with Gasteiger partial charge in [-0.15, -0.1) is 0 Å². The van der Waals surface area contributed by atoms with Crippen LogP contribution in [0.5, 0.6) is 0 Å². The summed E-state index contributed by atoms with van der Waals surface area (Å²) in [6.07, 6.45) is 0. The Kier molecular flexibility index (Phi) is 4.80. The summed E-state index contributed by atoms with van der Waals surface area (Å²) in [5.74, 6) is 0.418. The Hall–Kier alpha value is -1.65. The van der Waals surface area contributed by atoms with Gasteiger partial charge in [-0.25, -0.2) is 8.42 Å². The van der Waals surface area contributed by atoms with Gasteiger partial charge < -0.3 is 5.73 Å². The van der Waals surface area contributed by atoms with Crippen molar-refractivity contribution in [1.29, 1.82) is 0 Å². The molecule has 0 bridgehead atoms. The van der Waals surface area contributed by atoms with Crippen LogP contribution in [0.2, 0.25) is 0 Å². The van der Waals surface area contributed by atoms with Gasteiger partial charge in [0.2, 0.25) is 0 Å². The van der Waals surface area contributed by atoms with Crippen molar-refractivity contribution < 1.29 is 8.42 Å². The molecule has 0 aliphatic carbocycles. The second kappa shape index (κ2) is 6.41. The van der Waals surface area contributed by atoms with Gasteiger partial charge in [-0.3, -0.25) is 0 Å². The number of benzene rings is 2. The molecule has 3 nitrogen and oxygen atoms in total. The van der Waals surface area contributed by atoms with Crippen LogP contribution in [-0.2, 0) is 9.84 Å². The molecular formula is C17H21NO2S. The zero-order valence-corrected chi connectivity index (χ0v) is 13.2. The second-order valence-electron chi connectivity index (χ2n) is 5.40. The van der Waals surface area contributed by atoms with Gasteiger partial charge in [-0.2, -0.15) is 0 Å². The summed E-state index contributed by atoms with van der Waals surface area (Å²) >= 11 is 0. The zero-order valence-electron chi connectivity index (χ0n) is 12.4. The smallest absolute Gasteiger partial charge is 0.186 e. The summed E-state index contributed by atoms with van der Waals surface area (Å²) in [6.45, 7) is 4.28. The molecule has 21 heavy (non-hydrogen) atoms. The largest absolute Gasteiger partial charge is 0.329 e. The van der Waals surface area contributed by atoms with Gasteiger partial charge in [0.25, 0.3) is 0 Å². The minimum Gasteiger partial charge on any atom is -0.329 e. The first kappa shape index (κ1) is 15.7. The Morgan fingerprint density at radius 2 is 1.43 bits per heavy atom. The third kappa shape index (κ3) is 3.34. The number of hydrogen-bond donors (Lipinski definition) is 1. The predicted molar refractivity (Wildman–Crippen MR) is 86.0 cm³/mol. The molecule has 0 heterocycles. The Morgan fingerprint density at radius 3 is 1.90 bits per heavy atom. The van der Waals surface area contributed by atoms with Crippen molar-refractivity contribution in [1.82, 2.24) is 0 Å². The van der Waals surface area contributed by atoms with E-state index in [2.05, 4.69) is 13.8 Å². The third-order valence-electron chi connectivity index (χ3n) is 3.64. The van der Waals surface area contributed by atoms with E-state index in [-0.39, 0.29) is 6.54 Å². The van der Waals surface area contributed by atoms with Crippen LogP contribution in [0.4, 0.5) is 0 Å². The van der Waals surface area contributed by atoms with Crippen LogP contribution in [-0.4, -0.2) is 15.0 Å². The minimum atomic E-state index is -3.46. The first-order chi connectivity index (χ1) is 9.96. The molecular weight excluding hydrogens is 282 g/mol. The lowest BCUT2D eigenvalue weighted by Gasteiger charge is -2.17. The quantitative estimate of drug-likeness (QED) is 0.922. The molecule has 0 aromatic heterocycles. The Morgan fingerprint density at radius 1 is 0.905 bits per heavy atom. The van der Waals surface area contributed by atoms with E-state index in [0.717, 1.165) is 5.56 Å². The standard InChI is InChI=1S/C17H21NO2S/c1-13(2)14-8-10-15(11-9-14)17(12-18)21(19,20)16-6-4-3-5-7-16/h3-11,13,17H,12,18H2,1-2H3/t17-/m0/s1. The molecule has 2 N–H and O–H groups in total. The van der Waals surface area contributed by atoms with E-state index < -0.39 is 15.1 Å². The van der Waals surface area contributed by atoms with Gasteiger partial charge in [0.05, 0.1) is 4.90 Å². The Bertz CT molecular complexity index is 676.